The van der Waals surface area contributed by atoms with E-state index in [-0.39, 0.29) is 0 Å². The zero-order valence-corrected chi connectivity index (χ0v) is 20.1. The highest BCUT2D eigenvalue weighted by atomic mass is 16.1. The molecular formula is C24H38N6O2. The zero-order chi connectivity index (χ0) is 24.4. The molecule has 32 heavy (non-hydrogen) atoms. The van der Waals surface area contributed by atoms with Crippen LogP contribution in [0.5, 0.6) is 0 Å². The first kappa shape index (κ1) is 28.9. The Morgan fingerprint density at radius 1 is 1.03 bits per heavy atom. The molecule has 3 aromatic rings. The smallest absolute Gasteiger partial charge is 0.224 e. The molecule has 0 spiro atoms. The van der Waals surface area contributed by atoms with Crippen LogP contribution in [0, 0.1) is 5.92 Å². The van der Waals surface area contributed by atoms with Gasteiger partial charge in [-0.1, -0.05) is 39.8 Å². The van der Waals surface area contributed by atoms with Gasteiger partial charge < -0.3 is 19.8 Å². The fraction of sp³-hybridized carbons (Fsp3) is 0.458. The monoisotopic (exact) mass is 442 g/mol. The minimum Gasteiger partial charge on any atom is -0.354 e. The fourth-order valence-corrected chi connectivity index (χ4v) is 3.39. The molecule has 0 aliphatic carbocycles. The number of piperidine rings is 1. The van der Waals surface area contributed by atoms with Crippen LogP contribution >= 0.6 is 0 Å². The van der Waals surface area contributed by atoms with Gasteiger partial charge in [0.2, 0.25) is 5.95 Å². The van der Waals surface area contributed by atoms with Gasteiger partial charge in [0.25, 0.3) is 0 Å². The van der Waals surface area contributed by atoms with E-state index in [0.717, 1.165) is 29.9 Å². The number of aromatic nitrogens is 4. The zero-order valence-electron chi connectivity index (χ0n) is 20.1. The molecule has 1 atom stereocenters. The third-order valence-electron chi connectivity index (χ3n) is 4.61. The Bertz CT molecular complexity index is 868. The molecule has 1 fully saturated rings. The molecule has 3 heterocycles. The normalized spacial score (nSPS) is 14.7. The van der Waals surface area contributed by atoms with Crippen molar-refractivity contribution in [2.45, 2.75) is 40.5 Å². The van der Waals surface area contributed by atoms with E-state index in [9.17, 15) is 0 Å². The van der Waals surface area contributed by atoms with Crippen molar-refractivity contribution in [2.75, 3.05) is 32.0 Å². The molecule has 2 aromatic heterocycles. The number of hydrogen-bond acceptors (Lipinski definition) is 7. The SMILES string of the molecule is C=O.C=O.CC.CC.CN1CCCC(CNc2nccc(-n3cnc4ccccc43)n2)C1. The van der Waals surface area contributed by atoms with Gasteiger partial charge in [0.15, 0.2) is 0 Å². The Labute approximate surface area is 192 Å². The van der Waals surface area contributed by atoms with E-state index >= 15 is 0 Å². The summed E-state index contributed by atoms with van der Waals surface area (Å²) >= 11 is 0. The van der Waals surface area contributed by atoms with E-state index in [2.05, 4.69) is 38.3 Å². The summed E-state index contributed by atoms with van der Waals surface area (Å²) in [5.41, 5.74) is 2.02. The van der Waals surface area contributed by atoms with Gasteiger partial charge in [-0.25, -0.2) is 9.97 Å². The van der Waals surface area contributed by atoms with Crippen molar-refractivity contribution in [1.82, 2.24) is 24.4 Å². The number of carbonyl (C=O) groups is 2. The van der Waals surface area contributed by atoms with Crippen LogP contribution in [0.4, 0.5) is 5.95 Å². The summed E-state index contributed by atoms with van der Waals surface area (Å²) < 4.78 is 2.00. The molecule has 1 unspecified atom stereocenters. The largest absolute Gasteiger partial charge is 0.354 e. The molecule has 1 aliphatic rings. The highest BCUT2D eigenvalue weighted by molar-refractivity contribution is 5.76. The van der Waals surface area contributed by atoms with E-state index in [0.29, 0.717) is 11.9 Å². The van der Waals surface area contributed by atoms with Crippen LogP contribution in [0.3, 0.4) is 0 Å². The summed E-state index contributed by atoms with van der Waals surface area (Å²) in [5, 5.41) is 3.40. The highest BCUT2D eigenvalue weighted by Gasteiger charge is 2.17. The molecule has 1 N–H and O–H groups in total. The second-order valence-corrected chi connectivity index (χ2v) is 6.49. The second-order valence-electron chi connectivity index (χ2n) is 6.49. The quantitative estimate of drug-likeness (QED) is 0.645. The summed E-state index contributed by atoms with van der Waals surface area (Å²) in [4.78, 5) is 31.8. The van der Waals surface area contributed by atoms with Crippen molar-refractivity contribution in [2.24, 2.45) is 5.92 Å². The van der Waals surface area contributed by atoms with Crippen molar-refractivity contribution in [3.63, 3.8) is 0 Å². The van der Waals surface area contributed by atoms with Gasteiger partial charge in [-0.15, -0.1) is 0 Å². The Hall–Kier alpha value is -3.13. The van der Waals surface area contributed by atoms with E-state index in [1.54, 1.807) is 6.20 Å². The summed E-state index contributed by atoms with van der Waals surface area (Å²) in [6.07, 6.45) is 6.15. The Balaban J connectivity index is 0.00000109. The summed E-state index contributed by atoms with van der Waals surface area (Å²) in [6.45, 7) is 15.3. The number of likely N-dealkylation sites (tertiary alicyclic amines) is 1. The lowest BCUT2D eigenvalue weighted by Crippen LogP contribution is -2.35. The molecule has 176 valence electrons. The molecule has 8 nitrogen and oxygen atoms in total. The molecule has 1 aliphatic heterocycles. The van der Waals surface area contributed by atoms with Crippen LogP contribution < -0.4 is 5.32 Å². The summed E-state index contributed by atoms with van der Waals surface area (Å²) in [7, 11) is 2.19. The van der Waals surface area contributed by atoms with Gasteiger partial charge in [-0.3, -0.25) is 4.57 Å². The molecule has 4 rings (SSSR count). The van der Waals surface area contributed by atoms with Gasteiger partial charge >= 0.3 is 0 Å². The van der Waals surface area contributed by atoms with Crippen LogP contribution in [0.1, 0.15) is 40.5 Å². The average molecular weight is 443 g/mol. The second kappa shape index (κ2) is 17.5. The Morgan fingerprint density at radius 2 is 1.72 bits per heavy atom. The molecule has 8 heteroatoms. The minimum atomic E-state index is 0.657. The highest BCUT2D eigenvalue weighted by Crippen LogP contribution is 2.18. The van der Waals surface area contributed by atoms with Crippen LogP contribution in [0.2, 0.25) is 0 Å². The number of para-hydroxylation sites is 2. The molecule has 1 aromatic carbocycles. The van der Waals surface area contributed by atoms with Gasteiger partial charge in [0.1, 0.15) is 25.7 Å². The predicted octanol–water partition coefficient (Wildman–Crippen LogP) is 4.25. The first-order chi connectivity index (χ1) is 15.8. The summed E-state index contributed by atoms with van der Waals surface area (Å²) in [6, 6.07) is 9.98. The lowest BCUT2D eigenvalue weighted by molar-refractivity contribution is -0.0987. The lowest BCUT2D eigenvalue weighted by atomic mass is 9.99. The first-order valence-electron chi connectivity index (χ1n) is 11.1. The average Bonchev–Trinajstić information content (AvgIpc) is 3.32. The van der Waals surface area contributed by atoms with Crippen molar-refractivity contribution >= 4 is 30.6 Å². The number of anilines is 1. The number of hydrogen-bond donors (Lipinski definition) is 1. The van der Waals surface area contributed by atoms with Crippen molar-refractivity contribution < 1.29 is 9.59 Å². The number of rotatable bonds is 4. The first-order valence-corrected chi connectivity index (χ1v) is 11.1. The van der Waals surface area contributed by atoms with Gasteiger partial charge in [0.05, 0.1) is 11.0 Å². The Morgan fingerprint density at radius 3 is 2.41 bits per heavy atom. The fourth-order valence-electron chi connectivity index (χ4n) is 3.39. The number of benzene rings is 1. The molecule has 0 radical (unpaired) electrons. The standard InChI is InChI=1S/C18H22N6.2C2H6.2CH2O/c1-23-10-4-5-14(12-23)11-20-18-19-9-8-17(22-18)24-13-21-15-6-2-3-7-16(15)24;4*1-2/h2-3,6-9,13-14H,4-5,10-12H2,1H3,(H,19,20,22);2*1-2H3;2*1H2. The molecule has 1 saturated heterocycles. The molecule has 0 bridgehead atoms. The van der Waals surface area contributed by atoms with Crippen molar-refractivity contribution in [3.05, 3.63) is 42.9 Å². The van der Waals surface area contributed by atoms with Gasteiger partial charge in [-0.05, 0) is 50.6 Å². The third-order valence-corrected chi connectivity index (χ3v) is 4.61. The number of fused-ring (bicyclic) bond motifs is 1. The molecule has 0 amide bonds. The summed E-state index contributed by atoms with van der Waals surface area (Å²) in [5.74, 6) is 2.17. The van der Waals surface area contributed by atoms with Crippen LogP contribution in [0.25, 0.3) is 16.9 Å². The van der Waals surface area contributed by atoms with Crippen LogP contribution in [0.15, 0.2) is 42.9 Å². The number of nitrogens with one attached hydrogen (secondary N) is 1. The van der Waals surface area contributed by atoms with E-state index < -0.39 is 0 Å². The minimum absolute atomic E-state index is 0.657. The van der Waals surface area contributed by atoms with E-state index in [4.69, 9.17) is 9.59 Å². The van der Waals surface area contributed by atoms with E-state index in [1.807, 2.05) is 76.4 Å². The van der Waals surface area contributed by atoms with Crippen LogP contribution in [-0.2, 0) is 9.59 Å². The lowest BCUT2D eigenvalue weighted by Gasteiger charge is -2.29. The predicted molar refractivity (Wildman–Crippen MR) is 132 cm³/mol. The molecule has 0 saturated carbocycles. The van der Waals surface area contributed by atoms with E-state index in [1.165, 1.54) is 19.4 Å². The molecular weight excluding hydrogens is 404 g/mol. The van der Waals surface area contributed by atoms with Gasteiger partial charge in [-0.2, -0.15) is 4.98 Å². The number of carbonyl (C=O) groups excluding carboxylic acids is 2. The van der Waals surface area contributed by atoms with Gasteiger partial charge in [0, 0.05) is 19.3 Å². The maximum atomic E-state index is 8.00. The Kier molecular flexibility index (Phi) is 15.8. The van der Waals surface area contributed by atoms with Crippen LogP contribution in [-0.4, -0.2) is 64.7 Å². The number of imidazole rings is 1. The van der Waals surface area contributed by atoms with Crippen molar-refractivity contribution in [3.8, 4) is 5.82 Å². The van der Waals surface area contributed by atoms with Crippen molar-refractivity contribution in [1.29, 1.82) is 0 Å². The number of nitrogens with zero attached hydrogens (tertiary/aromatic N) is 5. The maximum absolute atomic E-state index is 8.00. The topological polar surface area (TPSA) is 93.0 Å². The third kappa shape index (κ3) is 8.55. The maximum Gasteiger partial charge on any atom is 0.224 e.